The van der Waals surface area contributed by atoms with Gasteiger partial charge in [0.05, 0.1) is 5.69 Å². The van der Waals surface area contributed by atoms with Crippen LogP contribution in [0.5, 0.6) is 0 Å². The first-order valence-corrected chi connectivity index (χ1v) is 6.87. The predicted octanol–water partition coefficient (Wildman–Crippen LogP) is 3.30. The standard InChI is InChI=1S/C14H24N2O/c1-3-11-16-12(7-10-15-16)13(17)14(2)8-5-4-6-9-14/h7,10,13,17H,3-6,8-9,11H2,1-2H3. The van der Waals surface area contributed by atoms with Crippen LogP contribution in [-0.4, -0.2) is 14.9 Å². The molecular weight excluding hydrogens is 212 g/mol. The summed E-state index contributed by atoms with van der Waals surface area (Å²) in [5, 5.41) is 14.9. The van der Waals surface area contributed by atoms with Crippen LogP contribution in [0, 0.1) is 5.41 Å². The summed E-state index contributed by atoms with van der Waals surface area (Å²) in [5.41, 5.74) is 1.04. The van der Waals surface area contributed by atoms with Crippen molar-refractivity contribution in [1.82, 2.24) is 9.78 Å². The lowest BCUT2D eigenvalue weighted by Crippen LogP contribution is -2.30. The van der Waals surface area contributed by atoms with Crippen LogP contribution in [0.4, 0.5) is 0 Å². The zero-order chi connectivity index (χ0) is 12.3. The minimum atomic E-state index is -0.364. The van der Waals surface area contributed by atoms with E-state index in [-0.39, 0.29) is 11.5 Å². The Morgan fingerprint density at radius 2 is 2.12 bits per heavy atom. The van der Waals surface area contributed by atoms with Crippen molar-refractivity contribution in [2.75, 3.05) is 0 Å². The van der Waals surface area contributed by atoms with Gasteiger partial charge in [0.25, 0.3) is 0 Å². The van der Waals surface area contributed by atoms with Crippen LogP contribution >= 0.6 is 0 Å². The lowest BCUT2D eigenvalue weighted by molar-refractivity contribution is 0.00209. The topological polar surface area (TPSA) is 38.0 Å². The molecule has 1 N–H and O–H groups in total. The van der Waals surface area contributed by atoms with Gasteiger partial charge in [0.1, 0.15) is 6.10 Å². The molecule has 3 heteroatoms. The highest BCUT2D eigenvalue weighted by molar-refractivity contribution is 5.09. The number of hydrogen-bond acceptors (Lipinski definition) is 2. The molecule has 17 heavy (non-hydrogen) atoms. The molecule has 1 unspecified atom stereocenters. The van der Waals surface area contributed by atoms with Crippen LogP contribution in [-0.2, 0) is 6.54 Å². The van der Waals surface area contributed by atoms with Gasteiger partial charge in [-0.1, -0.05) is 33.1 Å². The second kappa shape index (κ2) is 5.21. The van der Waals surface area contributed by atoms with E-state index in [0.717, 1.165) is 31.5 Å². The predicted molar refractivity (Wildman–Crippen MR) is 68.7 cm³/mol. The van der Waals surface area contributed by atoms with Crippen molar-refractivity contribution < 1.29 is 5.11 Å². The smallest absolute Gasteiger partial charge is 0.101 e. The highest BCUT2D eigenvalue weighted by Gasteiger charge is 2.36. The summed E-state index contributed by atoms with van der Waals surface area (Å²) in [5.74, 6) is 0. The molecule has 0 amide bonds. The van der Waals surface area contributed by atoms with Crippen molar-refractivity contribution in [3.05, 3.63) is 18.0 Å². The fraction of sp³-hybridized carbons (Fsp3) is 0.786. The Bertz CT molecular complexity index is 353. The number of rotatable bonds is 4. The zero-order valence-corrected chi connectivity index (χ0v) is 11.0. The van der Waals surface area contributed by atoms with Crippen LogP contribution < -0.4 is 0 Å². The van der Waals surface area contributed by atoms with Crippen molar-refractivity contribution in [2.24, 2.45) is 5.41 Å². The molecule has 1 aromatic rings. The SMILES string of the molecule is CCCn1nccc1C(O)C1(C)CCCCC1. The summed E-state index contributed by atoms with van der Waals surface area (Å²) in [6.07, 6.45) is 8.56. The van der Waals surface area contributed by atoms with Gasteiger partial charge in [0.2, 0.25) is 0 Å². The Balaban J connectivity index is 2.17. The molecule has 1 aliphatic rings. The van der Waals surface area contributed by atoms with Gasteiger partial charge < -0.3 is 5.11 Å². The van der Waals surface area contributed by atoms with Crippen LogP contribution in [0.1, 0.15) is 64.2 Å². The summed E-state index contributed by atoms with van der Waals surface area (Å²) >= 11 is 0. The molecule has 0 spiro atoms. The molecule has 0 aliphatic heterocycles. The van der Waals surface area contributed by atoms with Crippen molar-refractivity contribution in [1.29, 1.82) is 0 Å². The van der Waals surface area contributed by atoms with Gasteiger partial charge >= 0.3 is 0 Å². The molecule has 0 radical (unpaired) electrons. The molecule has 0 saturated heterocycles. The Hall–Kier alpha value is -0.830. The van der Waals surface area contributed by atoms with Crippen molar-refractivity contribution in [3.63, 3.8) is 0 Å². The molecule has 1 aromatic heterocycles. The van der Waals surface area contributed by atoms with Gasteiger partial charge in [-0.3, -0.25) is 4.68 Å². The maximum absolute atomic E-state index is 10.6. The average molecular weight is 236 g/mol. The maximum atomic E-state index is 10.6. The first-order valence-electron chi connectivity index (χ1n) is 6.87. The molecule has 1 atom stereocenters. The van der Waals surface area contributed by atoms with E-state index in [4.69, 9.17) is 0 Å². The average Bonchev–Trinajstić information content (AvgIpc) is 2.78. The Morgan fingerprint density at radius 1 is 1.41 bits per heavy atom. The van der Waals surface area contributed by atoms with Gasteiger partial charge in [-0.25, -0.2) is 0 Å². The van der Waals surface area contributed by atoms with Crippen LogP contribution in [0.25, 0.3) is 0 Å². The second-order valence-electron chi connectivity index (χ2n) is 5.60. The summed E-state index contributed by atoms with van der Waals surface area (Å²) < 4.78 is 1.96. The molecule has 2 rings (SSSR count). The first-order chi connectivity index (χ1) is 8.17. The highest BCUT2D eigenvalue weighted by atomic mass is 16.3. The third kappa shape index (κ3) is 2.54. The lowest BCUT2D eigenvalue weighted by atomic mass is 9.71. The van der Waals surface area contributed by atoms with Gasteiger partial charge in [0.15, 0.2) is 0 Å². The van der Waals surface area contributed by atoms with Crippen LogP contribution in [0.3, 0.4) is 0 Å². The van der Waals surface area contributed by atoms with E-state index in [9.17, 15) is 5.11 Å². The summed E-state index contributed by atoms with van der Waals surface area (Å²) in [6.45, 7) is 5.26. The number of aliphatic hydroxyl groups is 1. The largest absolute Gasteiger partial charge is 0.386 e. The summed E-state index contributed by atoms with van der Waals surface area (Å²) in [7, 11) is 0. The Morgan fingerprint density at radius 3 is 2.76 bits per heavy atom. The zero-order valence-electron chi connectivity index (χ0n) is 11.0. The monoisotopic (exact) mass is 236 g/mol. The third-order valence-corrected chi connectivity index (χ3v) is 4.12. The van der Waals surface area contributed by atoms with E-state index in [1.165, 1.54) is 19.3 Å². The number of hydrogen-bond donors (Lipinski definition) is 1. The van der Waals surface area contributed by atoms with Crippen LogP contribution in [0.15, 0.2) is 12.3 Å². The first kappa shape index (κ1) is 12.6. The van der Waals surface area contributed by atoms with E-state index in [2.05, 4.69) is 18.9 Å². The van der Waals surface area contributed by atoms with E-state index >= 15 is 0 Å². The molecule has 0 bridgehead atoms. The Labute approximate surface area is 104 Å². The van der Waals surface area contributed by atoms with Gasteiger partial charge in [-0.15, -0.1) is 0 Å². The molecule has 1 aliphatic carbocycles. The van der Waals surface area contributed by atoms with Gasteiger partial charge in [-0.2, -0.15) is 5.10 Å². The molecular formula is C14H24N2O. The van der Waals surface area contributed by atoms with Crippen molar-refractivity contribution in [3.8, 4) is 0 Å². The molecule has 1 saturated carbocycles. The third-order valence-electron chi connectivity index (χ3n) is 4.12. The highest BCUT2D eigenvalue weighted by Crippen LogP contribution is 2.45. The summed E-state index contributed by atoms with van der Waals surface area (Å²) in [6, 6.07) is 1.97. The minimum absolute atomic E-state index is 0.0454. The normalized spacial score (nSPS) is 21.4. The lowest BCUT2D eigenvalue weighted by Gasteiger charge is -2.38. The number of nitrogens with zero attached hydrogens (tertiary/aromatic N) is 2. The van der Waals surface area contributed by atoms with E-state index in [1.54, 1.807) is 6.20 Å². The fourth-order valence-electron chi connectivity index (χ4n) is 2.96. The number of aromatic nitrogens is 2. The number of aryl methyl sites for hydroxylation is 1. The quantitative estimate of drug-likeness (QED) is 0.871. The van der Waals surface area contributed by atoms with E-state index in [0.29, 0.717) is 0 Å². The molecule has 96 valence electrons. The minimum Gasteiger partial charge on any atom is -0.386 e. The van der Waals surface area contributed by atoms with Crippen molar-refractivity contribution >= 4 is 0 Å². The van der Waals surface area contributed by atoms with Crippen molar-refractivity contribution in [2.45, 2.75) is 65.0 Å². The van der Waals surface area contributed by atoms with Gasteiger partial charge in [0, 0.05) is 12.7 Å². The fourth-order valence-corrected chi connectivity index (χ4v) is 2.96. The van der Waals surface area contributed by atoms with E-state index in [1.807, 2.05) is 10.7 Å². The number of aliphatic hydroxyl groups excluding tert-OH is 1. The molecule has 1 heterocycles. The van der Waals surface area contributed by atoms with Crippen LogP contribution in [0.2, 0.25) is 0 Å². The molecule has 3 nitrogen and oxygen atoms in total. The van der Waals surface area contributed by atoms with Gasteiger partial charge in [-0.05, 0) is 30.7 Å². The maximum Gasteiger partial charge on any atom is 0.101 e. The molecule has 0 aromatic carbocycles. The molecule has 1 fully saturated rings. The van der Waals surface area contributed by atoms with E-state index < -0.39 is 0 Å². The summed E-state index contributed by atoms with van der Waals surface area (Å²) in [4.78, 5) is 0. The second-order valence-corrected chi connectivity index (χ2v) is 5.60. The Kier molecular flexibility index (Phi) is 3.87.